The van der Waals surface area contributed by atoms with E-state index >= 15 is 0 Å². The quantitative estimate of drug-likeness (QED) is 0.873. The molecule has 0 aromatic heterocycles. The number of ether oxygens (including phenoxy) is 1. The van der Waals surface area contributed by atoms with E-state index in [1.807, 2.05) is 0 Å². The lowest BCUT2D eigenvalue weighted by Crippen LogP contribution is -2.18. The van der Waals surface area contributed by atoms with Crippen LogP contribution in [0.4, 0.5) is 4.39 Å². The molecule has 0 spiro atoms. The molecule has 0 amide bonds. The van der Waals surface area contributed by atoms with E-state index in [1.54, 1.807) is 6.07 Å². The molecule has 1 aliphatic heterocycles. The Kier molecular flexibility index (Phi) is 3.35. The topological polar surface area (TPSA) is 69.4 Å². The number of benzene rings is 1. The molecule has 94 valence electrons. The first-order valence-electron chi connectivity index (χ1n) is 5.36. The minimum Gasteiger partial charge on any atom is -0.486 e. The molecule has 1 aliphatic rings. The van der Waals surface area contributed by atoms with Gasteiger partial charge in [0.15, 0.2) is 21.4 Å². The summed E-state index contributed by atoms with van der Waals surface area (Å²) < 4.78 is 41.4. The highest BCUT2D eigenvalue weighted by Gasteiger charge is 2.29. The van der Waals surface area contributed by atoms with E-state index in [1.165, 1.54) is 12.1 Å². The van der Waals surface area contributed by atoms with Crippen LogP contribution >= 0.6 is 0 Å². The number of hydrogen-bond donors (Lipinski definition) is 1. The Bertz CT molecular complexity index is 515. The van der Waals surface area contributed by atoms with Gasteiger partial charge in [0.25, 0.3) is 0 Å². The molecular weight excluding hydrogens is 245 g/mol. The zero-order chi connectivity index (χ0) is 12.5. The van der Waals surface area contributed by atoms with Crippen molar-refractivity contribution in [1.29, 1.82) is 0 Å². The SMILES string of the molecule is NCc1ccc(OC2CCS(=O)(=O)C2)c(F)c1. The van der Waals surface area contributed by atoms with Crippen molar-refractivity contribution in [1.82, 2.24) is 0 Å². The fourth-order valence-corrected chi connectivity index (χ4v) is 3.39. The van der Waals surface area contributed by atoms with Gasteiger partial charge in [-0.15, -0.1) is 0 Å². The highest BCUT2D eigenvalue weighted by molar-refractivity contribution is 7.91. The molecular formula is C11H14FNO3S. The van der Waals surface area contributed by atoms with Crippen LogP contribution in [0.3, 0.4) is 0 Å². The average molecular weight is 259 g/mol. The molecule has 1 fully saturated rings. The van der Waals surface area contributed by atoms with Crippen LogP contribution in [0.25, 0.3) is 0 Å². The van der Waals surface area contributed by atoms with Gasteiger partial charge in [-0.1, -0.05) is 6.07 Å². The van der Waals surface area contributed by atoms with Gasteiger partial charge in [0.1, 0.15) is 6.10 Å². The molecule has 1 aromatic carbocycles. The third kappa shape index (κ3) is 2.95. The van der Waals surface area contributed by atoms with Gasteiger partial charge in [-0.25, -0.2) is 12.8 Å². The summed E-state index contributed by atoms with van der Waals surface area (Å²) in [6, 6.07) is 4.46. The Hall–Kier alpha value is -1.14. The van der Waals surface area contributed by atoms with Crippen molar-refractivity contribution < 1.29 is 17.5 Å². The molecule has 1 saturated heterocycles. The predicted octanol–water partition coefficient (Wildman–Crippen LogP) is 0.850. The summed E-state index contributed by atoms with van der Waals surface area (Å²) in [5, 5.41) is 0. The number of nitrogens with two attached hydrogens (primary N) is 1. The van der Waals surface area contributed by atoms with E-state index in [0.29, 0.717) is 12.0 Å². The van der Waals surface area contributed by atoms with Gasteiger partial charge in [-0.05, 0) is 24.1 Å². The fourth-order valence-electron chi connectivity index (χ4n) is 1.80. The second kappa shape index (κ2) is 4.62. The molecule has 1 heterocycles. The van der Waals surface area contributed by atoms with Gasteiger partial charge >= 0.3 is 0 Å². The van der Waals surface area contributed by atoms with Crippen LogP contribution in [-0.4, -0.2) is 26.0 Å². The van der Waals surface area contributed by atoms with E-state index in [0.717, 1.165) is 0 Å². The van der Waals surface area contributed by atoms with Gasteiger partial charge in [0.05, 0.1) is 11.5 Å². The third-order valence-electron chi connectivity index (χ3n) is 2.72. The van der Waals surface area contributed by atoms with Gasteiger partial charge in [-0.3, -0.25) is 0 Å². The van der Waals surface area contributed by atoms with Crippen molar-refractivity contribution in [2.75, 3.05) is 11.5 Å². The summed E-state index contributed by atoms with van der Waals surface area (Å²) >= 11 is 0. The van der Waals surface area contributed by atoms with Crippen molar-refractivity contribution in [3.63, 3.8) is 0 Å². The molecule has 2 N–H and O–H groups in total. The van der Waals surface area contributed by atoms with Crippen LogP contribution in [0.2, 0.25) is 0 Å². The van der Waals surface area contributed by atoms with Gasteiger partial charge in [0.2, 0.25) is 0 Å². The summed E-state index contributed by atoms with van der Waals surface area (Å²) in [6.07, 6.45) is -0.0290. The smallest absolute Gasteiger partial charge is 0.165 e. The third-order valence-corrected chi connectivity index (χ3v) is 4.45. The first-order valence-corrected chi connectivity index (χ1v) is 7.18. The monoisotopic (exact) mass is 259 g/mol. The van der Waals surface area contributed by atoms with Gasteiger partial charge in [-0.2, -0.15) is 0 Å². The Morgan fingerprint density at radius 1 is 1.47 bits per heavy atom. The first kappa shape index (κ1) is 12.3. The van der Waals surface area contributed by atoms with Crippen molar-refractivity contribution in [2.24, 2.45) is 5.73 Å². The summed E-state index contributed by atoms with van der Waals surface area (Å²) in [6.45, 7) is 0.259. The molecule has 0 radical (unpaired) electrons. The Morgan fingerprint density at radius 2 is 2.24 bits per heavy atom. The molecule has 2 rings (SSSR count). The molecule has 0 aliphatic carbocycles. The zero-order valence-corrected chi connectivity index (χ0v) is 10.0. The number of halogens is 1. The molecule has 1 atom stereocenters. The molecule has 1 aromatic rings. The van der Waals surface area contributed by atoms with Crippen LogP contribution < -0.4 is 10.5 Å². The fraction of sp³-hybridized carbons (Fsp3) is 0.455. The molecule has 17 heavy (non-hydrogen) atoms. The van der Waals surface area contributed by atoms with E-state index < -0.39 is 21.8 Å². The lowest BCUT2D eigenvalue weighted by molar-refractivity contribution is 0.218. The predicted molar refractivity (Wildman–Crippen MR) is 62.0 cm³/mol. The van der Waals surface area contributed by atoms with Crippen molar-refractivity contribution in [3.05, 3.63) is 29.6 Å². The van der Waals surface area contributed by atoms with Crippen LogP contribution in [0, 0.1) is 5.82 Å². The highest BCUT2D eigenvalue weighted by Crippen LogP contribution is 2.23. The maximum Gasteiger partial charge on any atom is 0.165 e. The van der Waals surface area contributed by atoms with Crippen LogP contribution in [0.15, 0.2) is 18.2 Å². The standard InChI is InChI=1S/C11H14FNO3S/c12-10-5-8(6-13)1-2-11(10)16-9-3-4-17(14,15)7-9/h1-2,5,9H,3-4,6-7,13H2. The maximum absolute atomic E-state index is 13.6. The Balaban J connectivity index is 2.09. The second-order valence-electron chi connectivity index (χ2n) is 4.11. The molecule has 0 saturated carbocycles. The van der Waals surface area contributed by atoms with E-state index in [2.05, 4.69) is 0 Å². The molecule has 4 nitrogen and oxygen atoms in total. The molecule has 0 bridgehead atoms. The summed E-state index contributed by atoms with van der Waals surface area (Å²) in [5.74, 6) is -0.341. The van der Waals surface area contributed by atoms with Crippen LogP contribution in [0.1, 0.15) is 12.0 Å². The second-order valence-corrected chi connectivity index (χ2v) is 6.34. The van der Waals surface area contributed by atoms with E-state index in [9.17, 15) is 12.8 Å². The average Bonchev–Trinajstić information content (AvgIpc) is 2.61. The number of rotatable bonds is 3. The normalized spacial score (nSPS) is 22.6. The summed E-state index contributed by atoms with van der Waals surface area (Å²) in [7, 11) is -3.01. The lowest BCUT2D eigenvalue weighted by atomic mass is 10.2. The van der Waals surface area contributed by atoms with Crippen LogP contribution in [-0.2, 0) is 16.4 Å². The zero-order valence-electron chi connectivity index (χ0n) is 9.23. The van der Waals surface area contributed by atoms with Gasteiger partial charge < -0.3 is 10.5 Å². The Morgan fingerprint density at radius 3 is 2.76 bits per heavy atom. The minimum absolute atomic E-state index is 0.0366. The van der Waals surface area contributed by atoms with Crippen molar-refractivity contribution in [2.45, 2.75) is 19.1 Å². The minimum atomic E-state index is -3.01. The van der Waals surface area contributed by atoms with E-state index in [4.69, 9.17) is 10.5 Å². The Labute approximate surface area is 99.5 Å². The maximum atomic E-state index is 13.6. The van der Waals surface area contributed by atoms with Crippen molar-refractivity contribution >= 4 is 9.84 Å². The first-order chi connectivity index (χ1) is 8.00. The van der Waals surface area contributed by atoms with Crippen LogP contribution in [0.5, 0.6) is 5.75 Å². The van der Waals surface area contributed by atoms with E-state index in [-0.39, 0.29) is 23.8 Å². The number of sulfone groups is 1. The van der Waals surface area contributed by atoms with Gasteiger partial charge in [0, 0.05) is 6.54 Å². The summed E-state index contributed by atoms with van der Waals surface area (Å²) in [4.78, 5) is 0. The molecule has 6 heteroatoms. The molecule has 1 unspecified atom stereocenters. The number of hydrogen-bond acceptors (Lipinski definition) is 4. The summed E-state index contributed by atoms with van der Waals surface area (Å²) in [5.41, 5.74) is 6.06. The highest BCUT2D eigenvalue weighted by atomic mass is 32.2. The largest absolute Gasteiger partial charge is 0.486 e. The van der Waals surface area contributed by atoms with Crippen molar-refractivity contribution in [3.8, 4) is 5.75 Å². The lowest BCUT2D eigenvalue weighted by Gasteiger charge is -2.13.